The van der Waals surface area contributed by atoms with Crippen molar-refractivity contribution in [2.24, 2.45) is 0 Å². The zero-order chi connectivity index (χ0) is 14.0. The van der Waals surface area contributed by atoms with Gasteiger partial charge < -0.3 is 5.32 Å². The third-order valence-electron chi connectivity index (χ3n) is 3.01. The maximum atomic E-state index is 12.5. The summed E-state index contributed by atoms with van der Waals surface area (Å²) in [6.45, 7) is 3.33. The van der Waals surface area contributed by atoms with Crippen molar-refractivity contribution in [3.63, 3.8) is 0 Å². The Balaban J connectivity index is 2.42. The minimum Gasteiger partial charge on any atom is -0.312 e. The van der Waals surface area contributed by atoms with E-state index >= 15 is 0 Å². The number of rotatable bonds is 2. The van der Waals surface area contributed by atoms with Crippen molar-refractivity contribution in [2.45, 2.75) is 17.9 Å². The molecule has 0 saturated carbocycles. The first-order chi connectivity index (χ1) is 8.95. The van der Waals surface area contributed by atoms with Gasteiger partial charge in [0.05, 0.1) is 16.7 Å². The SMILES string of the molecule is C[C@@H]1CN(S(=O)(=O)c2cc(C#N)ccc2Cl)CCN1. The van der Waals surface area contributed by atoms with Crippen LogP contribution >= 0.6 is 11.6 Å². The third kappa shape index (κ3) is 2.90. The van der Waals surface area contributed by atoms with Gasteiger partial charge in [-0.1, -0.05) is 11.6 Å². The number of halogens is 1. The number of nitrogens with zero attached hydrogens (tertiary/aromatic N) is 2. The maximum absolute atomic E-state index is 12.5. The molecular formula is C12H14ClN3O2S. The van der Waals surface area contributed by atoms with Crippen molar-refractivity contribution in [3.05, 3.63) is 28.8 Å². The van der Waals surface area contributed by atoms with Crippen molar-refractivity contribution in [2.75, 3.05) is 19.6 Å². The topological polar surface area (TPSA) is 73.2 Å². The number of sulfonamides is 1. The summed E-state index contributed by atoms with van der Waals surface area (Å²) < 4.78 is 26.5. The molecule has 1 aliphatic rings. The number of hydrogen-bond donors (Lipinski definition) is 1. The van der Waals surface area contributed by atoms with Crippen LogP contribution in [0.1, 0.15) is 12.5 Å². The van der Waals surface area contributed by atoms with E-state index in [0.717, 1.165) is 0 Å². The van der Waals surface area contributed by atoms with E-state index < -0.39 is 10.0 Å². The van der Waals surface area contributed by atoms with Gasteiger partial charge in [0.2, 0.25) is 10.0 Å². The lowest BCUT2D eigenvalue weighted by molar-refractivity contribution is 0.310. The fourth-order valence-corrected chi connectivity index (χ4v) is 4.05. The quantitative estimate of drug-likeness (QED) is 0.890. The molecule has 0 unspecified atom stereocenters. The lowest BCUT2D eigenvalue weighted by atomic mass is 10.2. The van der Waals surface area contributed by atoms with E-state index in [1.54, 1.807) is 0 Å². The highest BCUT2D eigenvalue weighted by atomic mass is 35.5. The van der Waals surface area contributed by atoms with E-state index in [4.69, 9.17) is 16.9 Å². The second kappa shape index (κ2) is 5.47. The van der Waals surface area contributed by atoms with Crippen molar-refractivity contribution in [1.29, 1.82) is 5.26 Å². The summed E-state index contributed by atoms with van der Waals surface area (Å²) in [7, 11) is -3.65. The molecule has 0 spiro atoms. The Hall–Kier alpha value is -1.13. The van der Waals surface area contributed by atoms with Gasteiger partial charge in [0.25, 0.3) is 0 Å². The molecule has 2 rings (SSSR count). The summed E-state index contributed by atoms with van der Waals surface area (Å²) in [5.41, 5.74) is 0.283. The number of piperazine rings is 1. The summed E-state index contributed by atoms with van der Waals surface area (Å²) in [6.07, 6.45) is 0. The van der Waals surface area contributed by atoms with Crippen LogP contribution in [0.2, 0.25) is 5.02 Å². The van der Waals surface area contributed by atoms with Crippen LogP contribution in [0.3, 0.4) is 0 Å². The predicted octanol–water partition coefficient (Wildman–Crippen LogP) is 1.19. The molecule has 0 aromatic heterocycles. The summed E-state index contributed by atoms with van der Waals surface area (Å²) in [5.74, 6) is 0. The molecule has 1 aliphatic heterocycles. The Morgan fingerprint density at radius 2 is 2.26 bits per heavy atom. The molecule has 102 valence electrons. The average Bonchev–Trinajstić information content (AvgIpc) is 2.39. The van der Waals surface area contributed by atoms with Crippen LogP contribution in [0.4, 0.5) is 0 Å². The van der Waals surface area contributed by atoms with E-state index in [1.807, 2.05) is 13.0 Å². The third-order valence-corrected chi connectivity index (χ3v) is 5.36. The molecule has 19 heavy (non-hydrogen) atoms. The molecule has 0 aliphatic carbocycles. The van der Waals surface area contributed by atoms with Crippen LogP contribution in [0.25, 0.3) is 0 Å². The van der Waals surface area contributed by atoms with Crippen LogP contribution in [0.15, 0.2) is 23.1 Å². The summed E-state index contributed by atoms with van der Waals surface area (Å²) in [4.78, 5) is 0.00215. The first-order valence-corrected chi connectivity index (χ1v) is 7.70. The lowest BCUT2D eigenvalue weighted by Gasteiger charge is -2.31. The normalized spacial score (nSPS) is 21.0. The highest BCUT2D eigenvalue weighted by Gasteiger charge is 2.30. The Bertz CT molecular complexity index is 624. The van der Waals surface area contributed by atoms with Gasteiger partial charge in [-0.2, -0.15) is 9.57 Å². The van der Waals surface area contributed by atoms with Gasteiger partial charge in [-0.15, -0.1) is 0 Å². The van der Waals surface area contributed by atoms with E-state index in [2.05, 4.69) is 5.32 Å². The van der Waals surface area contributed by atoms with Crippen molar-refractivity contribution in [1.82, 2.24) is 9.62 Å². The zero-order valence-corrected chi connectivity index (χ0v) is 12.0. The maximum Gasteiger partial charge on any atom is 0.244 e. The summed E-state index contributed by atoms with van der Waals surface area (Å²) in [6, 6.07) is 6.29. The van der Waals surface area contributed by atoms with Gasteiger partial charge in [0, 0.05) is 25.7 Å². The van der Waals surface area contributed by atoms with Crippen LogP contribution in [0.5, 0.6) is 0 Å². The molecule has 1 heterocycles. The van der Waals surface area contributed by atoms with Crippen LogP contribution in [0, 0.1) is 11.3 Å². The van der Waals surface area contributed by atoms with E-state index in [9.17, 15) is 8.42 Å². The number of nitrogens with one attached hydrogen (secondary N) is 1. The van der Waals surface area contributed by atoms with Gasteiger partial charge in [-0.05, 0) is 25.1 Å². The lowest BCUT2D eigenvalue weighted by Crippen LogP contribution is -2.51. The highest BCUT2D eigenvalue weighted by Crippen LogP contribution is 2.26. The van der Waals surface area contributed by atoms with Crippen LogP contribution < -0.4 is 5.32 Å². The van der Waals surface area contributed by atoms with Crippen LogP contribution in [-0.4, -0.2) is 38.4 Å². The molecule has 0 bridgehead atoms. The molecule has 1 aromatic carbocycles. The molecule has 1 aromatic rings. The van der Waals surface area contributed by atoms with Gasteiger partial charge in [-0.3, -0.25) is 0 Å². The number of hydrogen-bond acceptors (Lipinski definition) is 4. The number of benzene rings is 1. The first kappa shape index (κ1) is 14.3. The Morgan fingerprint density at radius 3 is 2.89 bits per heavy atom. The van der Waals surface area contributed by atoms with Crippen molar-refractivity contribution < 1.29 is 8.42 Å². The predicted molar refractivity (Wildman–Crippen MR) is 72.4 cm³/mol. The second-order valence-electron chi connectivity index (χ2n) is 4.48. The second-order valence-corrected chi connectivity index (χ2v) is 6.79. The Morgan fingerprint density at radius 1 is 1.53 bits per heavy atom. The van der Waals surface area contributed by atoms with Crippen LogP contribution in [-0.2, 0) is 10.0 Å². The molecular weight excluding hydrogens is 286 g/mol. The van der Waals surface area contributed by atoms with Crippen molar-refractivity contribution in [3.8, 4) is 6.07 Å². The van der Waals surface area contributed by atoms with Gasteiger partial charge in [0.1, 0.15) is 4.90 Å². The standard InChI is InChI=1S/C12H14ClN3O2S/c1-9-8-16(5-4-15-9)19(17,18)12-6-10(7-14)2-3-11(12)13/h2-3,6,9,15H,4-5,8H2,1H3/t9-/m1/s1. The minimum absolute atomic E-state index is 0.00215. The monoisotopic (exact) mass is 299 g/mol. The smallest absolute Gasteiger partial charge is 0.244 e. The summed E-state index contributed by atoms with van der Waals surface area (Å²) in [5, 5.41) is 12.2. The largest absolute Gasteiger partial charge is 0.312 e. The highest BCUT2D eigenvalue weighted by molar-refractivity contribution is 7.89. The average molecular weight is 300 g/mol. The molecule has 1 saturated heterocycles. The zero-order valence-electron chi connectivity index (χ0n) is 10.4. The number of nitriles is 1. The van der Waals surface area contributed by atoms with E-state index in [-0.39, 0.29) is 21.5 Å². The first-order valence-electron chi connectivity index (χ1n) is 5.88. The molecule has 1 fully saturated rings. The molecule has 5 nitrogen and oxygen atoms in total. The molecule has 0 radical (unpaired) electrons. The van der Waals surface area contributed by atoms with Gasteiger partial charge >= 0.3 is 0 Å². The van der Waals surface area contributed by atoms with Gasteiger partial charge in [0.15, 0.2) is 0 Å². The Labute approximate surface area is 117 Å². The van der Waals surface area contributed by atoms with E-state index in [1.165, 1.54) is 22.5 Å². The van der Waals surface area contributed by atoms with Crippen molar-refractivity contribution >= 4 is 21.6 Å². The molecule has 1 N–H and O–H groups in total. The Kier molecular flexibility index (Phi) is 4.11. The minimum atomic E-state index is -3.65. The fraction of sp³-hybridized carbons (Fsp3) is 0.417. The molecule has 1 atom stereocenters. The molecule has 0 amide bonds. The fourth-order valence-electron chi connectivity index (χ4n) is 2.02. The van der Waals surface area contributed by atoms with E-state index in [0.29, 0.717) is 19.6 Å². The summed E-state index contributed by atoms with van der Waals surface area (Å²) >= 11 is 5.96. The molecule has 7 heteroatoms. The van der Waals surface area contributed by atoms with Gasteiger partial charge in [-0.25, -0.2) is 8.42 Å².